The number of aliphatic hydroxyl groups excluding tert-OH is 7. The lowest BCUT2D eigenvalue weighted by Crippen LogP contribution is -2.60. The molecule has 8 N–H and O–H groups in total. The summed E-state index contributed by atoms with van der Waals surface area (Å²) in [5.74, 6) is -0.726. The zero-order chi connectivity index (χ0) is 37.7. The van der Waals surface area contributed by atoms with Gasteiger partial charge in [-0.05, 0) is 70.6 Å². The Balaban J connectivity index is 2.61. The Morgan fingerprint density at radius 2 is 1.20 bits per heavy atom. The van der Waals surface area contributed by atoms with Gasteiger partial charge in [-0.15, -0.1) is 0 Å². The van der Waals surface area contributed by atoms with Gasteiger partial charge in [0.25, 0.3) is 0 Å². The van der Waals surface area contributed by atoms with Crippen LogP contribution in [0.1, 0.15) is 142 Å². The van der Waals surface area contributed by atoms with E-state index in [1.54, 1.807) is 0 Å². The molecule has 298 valence electrons. The highest BCUT2D eigenvalue weighted by Crippen LogP contribution is 2.23. The Morgan fingerprint density at radius 1 is 0.667 bits per heavy atom. The van der Waals surface area contributed by atoms with Gasteiger partial charge in [-0.3, -0.25) is 4.79 Å². The Bertz CT molecular complexity index is 929. The van der Waals surface area contributed by atoms with E-state index in [4.69, 9.17) is 9.47 Å². The lowest BCUT2D eigenvalue weighted by Gasteiger charge is -2.40. The van der Waals surface area contributed by atoms with Crippen molar-refractivity contribution in [2.75, 3.05) is 13.2 Å². The fraction of sp³-hybridized carbons (Fsp3) is 0.825. The molecule has 1 heterocycles. The molecule has 11 heteroatoms. The first kappa shape index (κ1) is 47.4. The largest absolute Gasteiger partial charge is 0.394 e. The summed E-state index contributed by atoms with van der Waals surface area (Å²) < 4.78 is 11.0. The van der Waals surface area contributed by atoms with E-state index in [-0.39, 0.29) is 12.8 Å². The quantitative estimate of drug-likeness (QED) is 0.0361. The summed E-state index contributed by atoms with van der Waals surface area (Å²) in [6.07, 6.45) is 20.7. The van der Waals surface area contributed by atoms with Crippen LogP contribution in [0.5, 0.6) is 0 Å². The second-order valence-electron chi connectivity index (χ2n) is 14.0. The van der Waals surface area contributed by atoms with Crippen molar-refractivity contribution in [3.05, 3.63) is 36.5 Å². The van der Waals surface area contributed by atoms with Crippen LogP contribution in [0.15, 0.2) is 36.5 Å². The summed E-state index contributed by atoms with van der Waals surface area (Å²) in [5.41, 5.74) is 0. The molecule has 0 saturated carbocycles. The Labute approximate surface area is 307 Å². The van der Waals surface area contributed by atoms with Gasteiger partial charge >= 0.3 is 0 Å². The van der Waals surface area contributed by atoms with Crippen molar-refractivity contribution in [3.8, 4) is 0 Å². The SMILES string of the molecule is CCCC/C=C\CCCCCCC(O)C(=O)NC(COC1OC(CO)C(O)C(O)C1O)C(O)C(O)CCC/C=C/CC/C=C/CCCCCCC. The van der Waals surface area contributed by atoms with E-state index in [2.05, 4.69) is 55.6 Å². The minimum absolute atomic E-state index is 0.234. The molecule has 1 fully saturated rings. The van der Waals surface area contributed by atoms with Gasteiger partial charge in [-0.25, -0.2) is 0 Å². The van der Waals surface area contributed by atoms with Crippen LogP contribution >= 0.6 is 0 Å². The molecule has 1 amide bonds. The molecule has 1 saturated heterocycles. The number of hydrogen-bond donors (Lipinski definition) is 8. The fourth-order valence-electron chi connectivity index (χ4n) is 5.96. The number of nitrogens with one attached hydrogen (secondary N) is 1. The molecular weight excluding hydrogens is 654 g/mol. The molecule has 0 aliphatic carbocycles. The van der Waals surface area contributed by atoms with Crippen molar-refractivity contribution in [2.45, 2.75) is 197 Å². The maximum atomic E-state index is 13.0. The number of carbonyl (C=O) groups is 1. The first-order valence-corrected chi connectivity index (χ1v) is 19.9. The summed E-state index contributed by atoms with van der Waals surface area (Å²) in [4.78, 5) is 13.0. The number of ether oxygens (including phenoxy) is 2. The molecule has 0 spiro atoms. The Kier molecular flexibility index (Phi) is 28.6. The van der Waals surface area contributed by atoms with E-state index in [0.29, 0.717) is 19.3 Å². The van der Waals surface area contributed by atoms with Crippen LogP contribution in [-0.2, 0) is 14.3 Å². The van der Waals surface area contributed by atoms with Crippen LogP contribution in [-0.4, -0.2) is 110 Å². The van der Waals surface area contributed by atoms with Gasteiger partial charge in [-0.2, -0.15) is 0 Å². The molecule has 1 rings (SSSR count). The van der Waals surface area contributed by atoms with E-state index >= 15 is 0 Å². The molecule has 0 radical (unpaired) electrons. The standard InChI is InChI=1S/C40H73NO10/c1-3-5-7-9-11-13-15-16-17-18-20-21-23-25-27-32(43)35(45)31(30-50-40-38(48)37(47)36(46)34(29-42)51-40)41-39(49)33(44)28-26-24-22-19-14-12-10-8-6-4-2/h10,12,15-16,20-21,31-38,40,42-48H,3-9,11,13-14,17-19,22-30H2,1-2H3,(H,41,49)/b12-10-,16-15+,21-20+. The van der Waals surface area contributed by atoms with Gasteiger partial charge in [-0.1, -0.05) is 108 Å². The topological polar surface area (TPSA) is 189 Å². The minimum Gasteiger partial charge on any atom is -0.394 e. The van der Waals surface area contributed by atoms with E-state index in [1.165, 1.54) is 44.9 Å². The molecule has 0 aromatic carbocycles. The molecule has 0 aromatic rings. The molecule has 51 heavy (non-hydrogen) atoms. The van der Waals surface area contributed by atoms with Crippen LogP contribution in [0.2, 0.25) is 0 Å². The Morgan fingerprint density at radius 3 is 1.78 bits per heavy atom. The van der Waals surface area contributed by atoms with Crippen molar-refractivity contribution >= 4 is 5.91 Å². The van der Waals surface area contributed by atoms with Crippen LogP contribution in [0.4, 0.5) is 0 Å². The minimum atomic E-state index is -1.67. The molecule has 1 aliphatic rings. The second-order valence-corrected chi connectivity index (χ2v) is 14.0. The number of aliphatic hydroxyl groups is 7. The molecule has 11 nitrogen and oxygen atoms in total. The summed E-state index contributed by atoms with van der Waals surface area (Å²) in [5, 5.41) is 75.1. The first-order valence-electron chi connectivity index (χ1n) is 19.9. The Hall–Kier alpha value is -1.67. The lowest BCUT2D eigenvalue weighted by atomic mass is 9.98. The van der Waals surface area contributed by atoms with Crippen molar-refractivity contribution < 1.29 is 50.0 Å². The van der Waals surface area contributed by atoms with Crippen LogP contribution in [0.25, 0.3) is 0 Å². The van der Waals surface area contributed by atoms with Gasteiger partial charge in [0, 0.05) is 0 Å². The molecule has 0 aromatic heterocycles. The van der Waals surface area contributed by atoms with Crippen molar-refractivity contribution in [3.63, 3.8) is 0 Å². The van der Waals surface area contributed by atoms with E-state index in [1.807, 2.05) is 0 Å². The maximum absolute atomic E-state index is 13.0. The second kappa shape index (κ2) is 30.8. The lowest BCUT2D eigenvalue weighted by molar-refractivity contribution is -0.303. The van der Waals surface area contributed by atoms with Gasteiger partial charge in [0.15, 0.2) is 6.29 Å². The zero-order valence-electron chi connectivity index (χ0n) is 31.6. The van der Waals surface area contributed by atoms with E-state index in [9.17, 15) is 40.5 Å². The zero-order valence-corrected chi connectivity index (χ0v) is 31.6. The first-order chi connectivity index (χ1) is 24.7. The van der Waals surface area contributed by atoms with E-state index in [0.717, 1.165) is 51.4 Å². The predicted octanol–water partition coefficient (Wildman–Crippen LogP) is 4.88. The average molecular weight is 728 g/mol. The smallest absolute Gasteiger partial charge is 0.249 e. The third kappa shape index (κ3) is 21.6. The highest BCUT2D eigenvalue weighted by molar-refractivity contribution is 5.80. The number of rotatable bonds is 31. The third-order valence-corrected chi connectivity index (χ3v) is 9.39. The van der Waals surface area contributed by atoms with Crippen molar-refractivity contribution in [2.24, 2.45) is 0 Å². The molecule has 9 unspecified atom stereocenters. The molecule has 9 atom stereocenters. The predicted molar refractivity (Wildman–Crippen MR) is 201 cm³/mol. The normalized spacial score (nSPS) is 23.7. The number of unbranched alkanes of at least 4 members (excludes halogenated alkanes) is 13. The van der Waals surface area contributed by atoms with Gasteiger partial charge in [0.1, 0.15) is 36.6 Å². The van der Waals surface area contributed by atoms with Gasteiger partial charge < -0.3 is 50.5 Å². The van der Waals surface area contributed by atoms with Crippen molar-refractivity contribution in [1.82, 2.24) is 5.32 Å². The van der Waals surface area contributed by atoms with Crippen LogP contribution in [0.3, 0.4) is 0 Å². The summed E-state index contributed by atoms with van der Waals surface area (Å²) in [6.45, 7) is 3.30. The average Bonchev–Trinajstić information content (AvgIpc) is 3.13. The van der Waals surface area contributed by atoms with Crippen LogP contribution < -0.4 is 5.32 Å². The molecular formula is C40H73NO10. The van der Waals surface area contributed by atoms with Crippen molar-refractivity contribution in [1.29, 1.82) is 0 Å². The number of allylic oxidation sites excluding steroid dienone is 6. The third-order valence-electron chi connectivity index (χ3n) is 9.39. The van der Waals surface area contributed by atoms with Gasteiger partial charge in [0.05, 0.1) is 25.4 Å². The van der Waals surface area contributed by atoms with E-state index < -0.39 is 74.2 Å². The van der Waals surface area contributed by atoms with Gasteiger partial charge in [0.2, 0.25) is 5.91 Å². The summed E-state index contributed by atoms with van der Waals surface area (Å²) >= 11 is 0. The monoisotopic (exact) mass is 728 g/mol. The number of hydrogen-bond acceptors (Lipinski definition) is 10. The maximum Gasteiger partial charge on any atom is 0.249 e. The van der Waals surface area contributed by atoms with Crippen LogP contribution in [0, 0.1) is 0 Å². The number of carbonyl (C=O) groups excluding carboxylic acids is 1. The fourth-order valence-corrected chi connectivity index (χ4v) is 5.96. The summed E-state index contributed by atoms with van der Waals surface area (Å²) in [6, 6.07) is -1.19. The highest BCUT2D eigenvalue weighted by atomic mass is 16.7. The molecule has 1 aliphatic heterocycles. The molecule has 0 bridgehead atoms. The number of amides is 1. The highest BCUT2D eigenvalue weighted by Gasteiger charge is 2.44. The summed E-state index contributed by atoms with van der Waals surface area (Å²) in [7, 11) is 0.